The molecule has 0 fully saturated rings. The van der Waals surface area contributed by atoms with Gasteiger partial charge in [0, 0.05) is 13.5 Å². The summed E-state index contributed by atoms with van der Waals surface area (Å²) in [6, 6.07) is 10.9. The zero-order valence-electron chi connectivity index (χ0n) is 9.26. The Bertz CT molecular complexity index is 406. The molecule has 1 rings (SSSR count). The molecule has 0 saturated heterocycles. The Kier molecular flexibility index (Phi) is 4.28. The Morgan fingerprint density at radius 3 is 2.62 bits per heavy atom. The second kappa shape index (κ2) is 5.72. The molecule has 0 aromatic heterocycles. The van der Waals surface area contributed by atoms with Gasteiger partial charge in [-0.15, -0.1) is 6.58 Å². The maximum atomic E-state index is 11.4. The van der Waals surface area contributed by atoms with E-state index in [1.807, 2.05) is 30.3 Å². The van der Waals surface area contributed by atoms with E-state index in [0.29, 0.717) is 6.54 Å². The van der Waals surface area contributed by atoms with Crippen molar-refractivity contribution in [2.45, 2.75) is 13.0 Å². The Morgan fingerprint density at radius 2 is 2.19 bits per heavy atom. The first kappa shape index (κ1) is 12.0. The highest BCUT2D eigenvalue weighted by atomic mass is 16.2. The van der Waals surface area contributed by atoms with Gasteiger partial charge in [-0.2, -0.15) is 5.26 Å². The maximum absolute atomic E-state index is 11.4. The number of carbonyl (C=O) groups is 1. The van der Waals surface area contributed by atoms with Crippen LogP contribution >= 0.6 is 0 Å². The first-order valence-electron chi connectivity index (χ1n) is 5.03. The predicted molar refractivity (Wildman–Crippen MR) is 62.4 cm³/mol. The Morgan fingerprint density at radius 1 is 1.56 bits per heavy atom. The van der Waals surface area contributed by atoms with E-state index in [4.69, 9.17) is 5.26 Å². The van der Waals surface area contributed by atoms with Gasteiger partial charge in [0.05, 0.1) is 6.07 Å². The van der Waals surface area contributed by atoms with Crippen molar-refractivity contribution < 1.29 is 4.79 Å². The highest BCUT2D eigenvalue weighted by Gasteiger charge is 2.20. The lowest BCUT2D eigenvalue weighted by molar-refractivity contribution is -0.129. The van der Waals surface area contributed by atoms with Crippen LogP contribution in [0.1, 0.15) is 18.5 Å². The summed E-state index contributed by atoms with van der Waals surface area (Å²) in [5.41, 5.74) is 0.821. The van der Waals surface area contributed by atoms with Crippen molar-refractivity contribution in [3.8, 4) is 6.07 Å². The van der Waals surface area contributed by atoms with Crippen LogP contribution in [0.15, 0.2) is 43.0 Å². The minimum absolute atomic E-state index is 0.129. The van der Waals surface area contributed by atoms with Crippen molar-refractivity contribution in [1.82, 2.24) is 4.90 Å². The fourth-order valence-electron chi connectivity index (χ4n) is 1.51. The third-order valence-corrected chi connectivity index (χ3v) is 2.28. The number of nitrogens with zero attached hydrogens (tertiary/aromatic N) is 2. The third-order valence-electron chi connectivity index (χ3n) is 2.28. The van der Waals surface area contributed by atoms with E-state index in [9.17, 15) is 4.79 Å². The van der Waals surface area contributed by atoms with Crippen molar-refractivity contribution in [2.24, 2.45) is 0 Å². The SMILES string of the molecule is C=CCN(C(C)=O)[C@H](C#N)c1ccccc1. The quantitative estimate of drug-likeness (QED) is 0.722. The summed E-state index contributed by atoms with van der Waals surface area (Å²) < 4.78 is 0. The largest absolute Gasteiger partial charge is 0.319 e. The number of carbonyl (C=O) groups excluding carboxylic acids is 1. The minimum atomic E-state index is -0.545. The molecule has 0 saturated carbocycles. The van der Waals surface area contributed by atoms with Gasteiger partial charge >= 0.3 is 0 Å². The lowest BCUT2D eigenvalue weighted by atomic mass is 10.1. The minimum Gasteiger partial charge on any atom is -0.319 e. The van der Waals surface area contributed by atoms with Crippen LogP contribution in [0.5, 0.6) is 0 Å². The summed E-state index contributed by atoms with van der Waals surface area (Å²) in [6.07, 6.45) is 1.62. The maximum Gasteiger partial charge on any atom is 0.221 e. The average molecular weight is 214 g/mol. The van der Waals surface area contributed by atoms with E-state index >= 15 is 0 Å². The third kappa shape index (κ3) is 2.71. The Labute approximate surface area is 95.6 Å². The fraction of sp³-hybridized carbons (Fsp3) is 0.231. The molecule has 82 valence electrons. The number of benzene rings is 1. The number of nitriles is 1. The molecular formula is C13H14N2O. The van der Waals surface area contributed by atoms with Crippen LogP contribution in [0, 0.1) is 11.3 Å². The zero-order valence-corrected chi connectivity index (χ0v) is 9.26. The molecule has 1 aromatic carbocycles. The summed E-state index contributed by atoms with van der Waals surface area (Å²) in [5, 5.41) is 9.15. The first-order valence-corrected chi connectivity index (χ1v) is 5.03. The average Bonchev–Trinajstić information content (AvgIpc) is 2.30. The van der Waals surface area contributed by atoms with Crippen LogP contribution < -0.4 is 0 Å². The molecule has 3 nitrogen and oxygen atoms in total. The van der Waals surface area contributed by atoms with Crippen molar-refractivity contribution in [3.63, 3.8) is 0 Å². The molecule has 1 atom stereocenters. The molecule has 0 unspecified atom stereocenters. The molecule has 0 aliphatic heterocycles. The van der Waals surface area contributed by atoms with Gasteiger partial charge < -0.3 is 4.90 Å². The summed E-state index contributed by atoms with van der Waals surface area (Å²) in [5.74, 6) is -0.129. The van der Waals surface area contributed by atoms with E-state index in [1.165, 1.54) is 11.8 Å². The van der Waals surface area contributed by atoms with E-state index in [-0.39, 0.29) is 5.91 Å². The summed E-state index contributed by atoms with van der Waals surface area (Å²) in [7, 11) is 0. The first-order chi connectivity index (χ1) is 7.70. The molecule has 1 aromatic rings. The smallest absolute Gasteiger partial charge is 0.221 e. The van der Waals surface area contributed by atoms with Crippen LogP contribution in [0.2, 0.25) is 0 Å². The Balaban J connectivity index is 3.01. The van der Waals surface area contributed by atoms with Gasteiger partial charge in [0.15, 0.2) is 0 Å². The van der Waals surface area contributed by atoms with E-state index in [2.05, 4.69) is 12.6 Å². The van der Waals surface area contributed by atoms with Gasteiger partial charge in [-0.25, -0.2) is 0 Å². The molecule has 0 bridgehead atoms. The van der Waals surface area contributed by atoms with E-state index in [0.717, 1.165) is 5.56 Å². The highest BCUT2D eigenvalue weighted by Crippen LogP contribution is 2.19. The molecule has 0 aliphatic rings. The number of hydrogen-bond donors (Lipinski definition) is 0. The molecule has 0 radical (unpaired) electrons. The van der Waals surface area contributed by atoms with Crippen molar-refractivity contribution in [3.05, 3.63) is 48.6 Å². The van der Waals surface area contributed by atoms with Gasteiger partial charge in [-0.1, -0.05) is 36.4 Å². The normalized spacial score (nSPS) is 11.2. The van der Waals surface area contributed by atoms with Crippen molar-refractivity contribution in [1.29, 1.82) is 5.26 Å². The van der Waals surface area contributed by atoms with Gasteiger partial charge in [0.1, 0.15) is 6.04 Å². The number of rotatable bonds is 4. The number of amides is 1. The van der Waals surface area contributed by atoms with Crippen LogP contribution in [0.25, 0.3) is 0 Å². The molecule has 0 spiro atoms. The standard InChI is InChI=1S/C13H14N2O/c1-3-9-15(11(2)16)13(10-14)12-7-5-4-6-8-12/h3-8,13H,1,9H2,2H3/t13-/m1/s1. The van der Waals surface area contributed by atoms with Gasteiger partial charge in [0.25, 0.3) is 0 Å². The van der Waals surface area contributed by atoms with Crippen molar-refractivity contribution in [2.75, 3.05) is 6.54 Å². The summed E-state index contributed by atoms with van der Waals surface area (Å²) in [4.78, 5) is 12.9. The van der Waals surface area contributed by atoms with Crippen LogP contribution in [-0.2, 0) is 4.79 Å². The van der Waals surface area contributed by atoms with E-state index in [1.54, 1.807) is 6.08 Å². The zero-order chi connectivity index (χ0) is 12.0. The topological polar surface area (TPSA) is 44.1 Å². The molecule has 3 heteroatoms. The predicted octanol–water partition coefficient (Wildman–Crippen LogP) is 2.29. The summed E-state index contributed by atoms with van der Waals surface area (Å²) in [6.45, 7) is 5.42. The molecule has 0 aliphatic carbocycles. The highest BCUT2D eigenvalue weighted by molar-refractivity contribution is 5.74. The van der Waals surface area contributed by atoms with Gasteiger partial charge in [0.2, 0.25) is 5.91 Å². The van der Waals surface area contributed by atoms with Gasteiger partial charge in [-0.05, 0) is 5.56 Å². The lowest BCUT2D eigenvalue weighted by Crippen LogP contribution is -2.32. The summed E-state index contributed by atoms with van der Waals surface area (Å²) >= 11 is 0. The van der Waals surface area contributed by atoms with E-state index < -0.39 is 6.04 Å². The second-order valence-electron chi connectivity index (χ2n) is 3.40. The van der Waals surface area contributed by atoms with Crippen LogP contribution in [0.4, 0.5) is 0 Å². The van der Waals surface area contributed by atoms with Gasteiger partial charge in [-0.3, -0.25) is 4.79 Å². The lowest BCUT2D eigenvalue weighted by Gasteiger charge is -2.24. The monoisotopic (exact) mass is 214 g/mol. The number of hydrogen-bond acceptors (Lipinski definition) is 2. The molecule has 16 heavy (non-hydrogen) atoms. The second-order valence-corrected chi connectivity index (χ2v) is 3.40. The molecule has 1 amide bonds. The molecule has 0 heterocycles. The van der Waals surface area contributed by atoms with Crippen LogP contribution in [0.3, 0.4) is 0 Å². The Hall–Kier alpha value is -2.08. The van der Waals surface area contributed by atoms with Crippen molar-refractivity contribution >= 4 is 5.91 Å². The molecular weight excluding hydrogens is 200 g/mol. The van der Waals surface area contributed by atoms with Crippen LogP contribution in [-0.4, -0.2) is 17.4 Å². The molecule has 0 N–H and O–H groups in total. The fourth-order valence-corrected chi connectivity index (χ4v) is 1.51.